The molecule has 0 unspecified atom stereocenters. The zero-order valence-corrected chi connectivity index (χ0v) is 10.1. The molecule has 1 aliphatic heterocycles. The maximum Gasteiger partial charge on any atom is 0.287 e. The Morgan fingerprint density at radius 2 is 2.11 bits per heavy atom. The summed E-state index contributed by atoms with van der Waals surface area (Å²) in [6.45, 7) is 0.970. The van der Waals surface area contributed by atoms with Crippen molar-refractivity contribution in [3.05, 3.63) is 28.1 Å². The molecule has 0 radical (unpaired) electrons. The molecule has 98 valence electrons. The van der Waals surface area contributed by atoms with E-state index in [0.717, 1.165) is 0 Å². The molecule has 0 atom stereocenters. The van der Waals surface area contributed by atoms with Gasteiger partial charge in [-0.3, -0.25) is 14.9 Å². The van der Waals surface area contributed by atoms with Gasteiger partial charge in [0.2, 0.25) is 0 Å². The highest BCUT2D eigenvalue weighted by Crippen LogP contribution is 2.19. The Labute approximate surface area is 104 Å². The van der Waals surface area contributed by atoms with Gasteiger partial charge in [0, 0.05) is 26.2 Å². The summed E-state index contributed by atoms with van der Waals surface area (Å²) < 4.78 is 1.46. The first-order chi connectivity index (χ1) is 8.49. The summed E-state index contributed by atoms with van der Waals surface area (Å²) in [5, 5.41) is 20.0. The monoisotopic (exact) mass is 253 g/mol. The van der Waals surface area contributed by atoms with Crippen LogP contribution in [-0.4, -0.2) is 44.6 Å². The van der Waals surface area contributed by atoms with Crippen molar-refractivity contribution in [3.8, 4) is 0 Å². The highest BCUT2D eigenvalue weighted by Gasteiger charge is 2.25. The number of amides is 1. The number of carbonyl (C=O) groups excluding carboxylic acids is 1. The highest BCUT2D eigenvalue weighted by atomic mass is 16.6. The Balaban J connectivity index is 2.16. The van der Waals surface area contributed by atoms with E-state index >= 15 is 0 Å². The van der Waals surface area contributed by atoms with Gasteiger partial charge in [-0.25, -0.2) is 0 Å². The van der Waals surface area contributed by atoms with Crippen LogP contribution in [0.2, 0.25) is 0 Å². The highest BCUT2D eigenvalue weighted by molar-refractivity contribution is 5.93. The number of nitrogens with zero attached hydrogens (tertiary/aromatic N) is 3. The quantitative estimate of drug-likeness (QED) is 0.615. The number of likely N-dealkylation sites (tertiary alicyclic amines) is 1. The topological polar surface area (TPSA) is 88.6 Å². The van der Waals surface area contributed by atoms with E-state index < -0.39 is 4.92 Å². The van der Waals surface area contributed by atoms with Crippen LogP contribution in [0.4, 0.5) is 5.69 Å². The summed E-state index contributed by atoms with van der Waals surface area (Å²) >= 11 is 0. The van der Waals surface area contributed by atoms with Gasteiger partial charge in [0.15, 0.2) is 0 Å². The minimum Gasteiger partial charge on any atom is -0.393 e. The van der Waals surface area contributed by atoms with Gasteiger partial charge in [-0.15, -0.1) is 0 Å². The fourth-order valence-corrected chi connectivity index (χ4v) is 2.09. The van der Waals surface area contributed by atoms with Crippen LogP contribution >= 0.6 is 0 Å². The number of hydrogen-bond acceptors (Lipinski definition) is 4. The average molecular weight is 253 g/mol. The molecule has 1 aliphatic rings. The molecule has 1 fully saturated rings. The molecule has 1 saturated heterocycles. The van der Waals surface area contributed by atoms with Crippen molar-refractivity contribution in [2.24, 2.45) is 7.05 Å². The number of hydrogen-bond donors (Lipinski definition) is 1. The minimum atomic E-state index is -0.517. The van der Waals surface area contributed by atoms with Crippen LogP contribution in [0.3, 0.4) is 0 Å². The second kappa shape index (κ2) is 4.77. The number of nitro groups is 1. The number of aliphatic hydroxyl groups is 1. The molecule has 1 aromatic rings. The average Bonchev–Trinajstić information content (AvgIpc) is 2.71. The lowest BCUT2D eigenvalue weighted by Crippen LogP contribution is -2.40. The van der Waals surface area contributed by atoms with Gasteiger partial charge in [-0.05, 0) is 12.8 Å². The summed E-state index contributed by atoms with van der Waals surface area (Å²) in [6.07, 6.45) is 2.08. The molecule has 2 rings (SSSR count). The zero-order valence-electron chi connectivity index (χ0n) is 10.1. The summed E-state index contributed by atoms with van der Waals surface area (Å²) in [5.41, 5.74) is 0.219. The molecular formula is C11H15N3O4. The van der Waals surface area contributed by atoms with Crippen LogP contribution < -0.4 is 0 Å². The Bertz CT molecular complexity index is 475. The first-order valence-corrected chi connectivity index (χ1v) is 5.77. The lowest BCUT2D eigenvalue weighted by atomic mass is 10.1. The van der Waals surface area contributed by atoms with Gasteiger partial charge in [0.05, 0.1) is 17.2 Å². The van der Waals surface area contributed by atoms with Gasteiger partial charge in [-0.1, -0.05) is 0 Å². The van der Waals surface area contributed by atoms with Crippen molar-refractivity contribution < 1.29 is 14.8 Å². The van der Waals surface area contributed by atoms with Crippen molar-refractivity contribution in [2.45, 2.75) is 18.9 Å². The zero-order chi connectivity index (χ0) is 13.3. The molecule has 0 aromatic carbocycles. The van der Waals surface area contributed by atoms with E-state index in [-0.39, 0.29) is 17.7 Å². The molecule has 0 aliphatic carbocycles. The standard InChI is InChI=1S/C11H15N3O4/c1-12-7-8(14(17)18)6-10(12)11(16)13-4-2-9(15)3-5-13/h6-7,9,15H,2-5H2,1H3. The van der Waals surface area contributed by atoms with Gasteiger partial charge >= 0.3 is 0 Å². The maximum atomic E-state index is 12.2. The van der Waals surface area contributed by atoms with Gasteiger partial charge in [0.25, 0.3) is 11.6 Å². The van der Waals surface area contributed by atoms with Gasteiger partial charge in [-0.2, -0.15) is 0 Å². The lowest BCUT2D eigenvalue weighted by molar-refractivity contribution is -0.384. The van der Waals surface area contributed by atoms with Crippen LogP contribution in [-0.2, 0) is 7.05 Å². The predicted molar refractivity (Wildman–Crippen MR) is 63.2 cm³/mol. The van der Waals surface area contributed by atoms with Gasteiger partial charge < -0.3 is 14.6 Å². The fourth-order valence-electron chi connectivity index (χ4n) is 2.09. The number of rotatable bonds is 2. The molecule has 18 heavy (non-hydrogen) atoms. The van der Waals surface area contributed by atoms with E-state index in [2.05, 4.69) is 0 Å². The summed E-state index contributed by atoms with van der Waals surface area (Å²) in [7, 11) is 1.61. The smallest absolute Gasteiger partial charge is 0.287 e. The number of carbonyl (C=O) groups is 1. The molecule has 0 saturated carbocycles. The van der Waals surface area contributed by atoms with E-state index in [1.807, 2.05) is 0 Å². The van der Waals surface area contributed by atoms with Gasteiger partial charge in [0.1, 0.15) is 5.69 Å². The second-order valence-electron chi connectivity index (χ2n) is 4.47. The molecule has 7 nitrogen and oxygen atoms in total. The van der Waals surface area contributed by atoms with Crippen LogP contribution in [0.5, 0.6) is 0 Å². The summed E-state index contributed by atoms with van der Waals surface area (Å²) in [5.74, 6) is -0.225. The van der Waals surface area contributed by atoms with Crippen LogP contribution in [0.15, 0.2) is 12.3 Å². The Morgan fingerprint density at radius 1 is 1.50 bits per heavy atom. The van der Waals surface area contributed by atoms with Crippen molar-refractivity contribution in [1.29, 1.82) is 0 Å². The molecular weight excluding hydrogens is 238 g/mol. The fraction of sp³-hybridized carbons (Fsp3) is 0.545. The molecule has 1 aromatic heterocycles. The van der Waals surface area contributed by atoms with Crippen molar-refractivity contribution in [3.63, 3.8) is 0 Å². The Kier molecular flexibility index (Phi) is 3.33. The third kappa shape index (κ3) is 2.35. The number of aliphatic hydroxyl groups excluding tert-OH is 1. The van der Waals surface area contributed by atoms with Crippen molar-refractivity contribution in [2.75, 3.05) is 13.1 Å². The molecule has 0 bridgehead atoms. The Hall–Kier alpha value is -1.89. The molecule has 2 heterocycles. The van der Waals surface area contributed by atoms with Crippen molar-refractivity contribution >= 4 is 11.6 Å². The van der Waals surface area contributed by atoms with Crippen LogP contribution in [0, 0.1) is 10.1 Å². The van der Waals surface area contributed by atoms with E-state index in [0.29, 0.717) is 31.6 Å². The number of aryl methyl sites for hydroxylation is 1. The molecule has 1 amide bonds. The largest absolute Gasteiger partial charge is 0.393 e. The van der Waals surface area contributed by atoms with Crippen LogP contribution in [0.1, 0.15) is 23.3 Å². The minimum absolute atomic E-state index is 0.0853. The van der Waals surface area contributed by atoms with Crippen molar-refractivity contribution in [1.82, 2.24) is 9.47 Å². The van der Waals surface area contributed by atoms with E-state index in [1.165, 1.54) is 16.8 Å². The summed E-state index contributed by atoms with van der Waals surface area (Å²) in [6, 6.07) is 1.29. The van der Waals surface area contributed by atoms with E-state index in [9.17, 15) is 20.0 Å². The third-order valence-electron chi connectivity index (χ3n) is 3.17. The second-order valence-corrected chi connectivity index (χ2v) is 4.47. The van der Waals surface area contributed by atoms with Crippen LogP contribution in [0.25, 0.3) is 0 Å². The maximum absolute atomic E-state index is 12.2. The summed E-state index contributed by atoms with van der Waals surface area (Å²) in [4.78, 5) is 23.9. The molecule has 1 N–H and O–H groups in total. The SMILES string of the molecule is Cn1cc([N+](=O)[O-])cc1C(=O)N1CCC(O)CC1. The number of piperidine rings is 1. The lowest BCUT2D eigenvalue weighted by Gasteiger charge is -2.29. The molecule has 0 spiro atoms. The third-order valence-corrected chi connectivity index (χ3v) is 3.17. The normalized spacial score (nSPS) is 16.9. The Morgan fingerprint density at radius 3 is 2.61 bits per heavy atom. The number of aromatic nitrogens is 1. The first-order valence-electron chi connectivity index (χ1n) is 5.77. The first kappa shape index (κ1) is 12.6. The van der Waals surface area contributed by atoms with E-state index in [1.54, 1.807) is 11.9 Å². The predicted octanol–water partition coefficient (Wildman–Crippen LogP) is 0.530. The van der Waals surface area contributed by atoms with E-state index in [4.69, 9.17) is 0 Å². The molecule has 7 heteroatoms.